The van der Waals surface area contributed by atoms with Crippen LogP contribution in [0, 0.1) is 6.92 Å². The van der Waals surface area contributed by atoms with Gasteiger partial charge in [0.25, 0.3) is 0 Å². The first-order chi connectivity index (χ1) is 13.3. The maximum absolute atomic E-state index is 12.5. The smallest absolute Gasteiger partial charge is 0.200 e. The molecule has 0 N–H and O–H groups in total. The van der Waals surface area contributed by atoms with Gasteiger partial charge in [-0.05, 0) is 36.8 Å². The van der Waals surface area contributed by atoms with Crippen LogP contribution >= 0.6 is 0 Å². The van der Waals surface area contributed by atoms with E-state index in [1.165, 1.54) is 12.3 Å². The van der Waals surface area contributed by atoms with Gasteiger partial charge in [-0.1, -0.05) is 23.8 Å². The van der Waals surface area contributed by atoms with Gasteiger partial charge in [0.1, 0.15) is 11.7 Å². The maximum Gasteiger partial charge on any atom is 0.200 e. The summed E-state index contributed by atoms with van der Waals surface area (Å²) in [7, 11) is -3.23. The third-order valence-corrected chi connectivity index (χ3v) is 6.06. The molecule has 0 spiro atoms. The Morgan fingerprint density at radius 2 is 1.82 bits per heavy atom. The molecule has 6 nitrogen and oxygen atoms in total. The average Bonchev–Trinajstić information content (AvgIpc) is 2.68. The molecule has 2 aromatic carbocycles. The molecule has 0 bridgehead atoms. The van der Waals surface area contributed by atoms with E-state index in [9.17, 15) is 13.2 Å². The Labute approximate surface area is 163 Å². The van der Waals surface area contributed by atoms with Crippen molar-refractivity contribution in [3.05, 3.63) is 69.9 Å². The number of benzene rings is 2. The van der Waals surface area contributed by atoms with E-state index in [1.54, 1.807) is 24.3 Å². The minimum Gasteiger partial charge on any atom is -0.440 e. The number of hydrogen-bond donors (Lipinski definition) is 0. The first-order valence-corrected chi connectivity index (χ1v) is 10.9. The van der Waals surface area contributed by atoms with Crippen molar-refractivity contribution in [1.82, 2.24) is 0 Å². The lowest BCUT2D eigenvalue weighted by Crippen LogP contribution is -2.38. The van der Waals surface area contributed by atoms with Crippen molar-refractivity contribution in [2.45, 2.75) is 17.9 Å². The van der Waals surface area contributed by atoms with Gasteiger partial charge in [-0.2, -0.15) is 0 Å². The number of ether oxygens (including phenoxy) is 1. The van der Waals surface area contributed by atoms with Crippen molar-refractivity contribution in [3.63, 3.8) is 0 Å². The summed E-state index contributed by atoms with van der Waals surface area (Å²) in [6.45, 7) is 3.54. The largest absolute Gasteiger partial charge is 0.440 e. The minimum atomic E-state index is -3.23. The van der Waals surface area contributed by atoms with Gasteiger partial charge < -0.3 is 14.1 Å². The molecule has 28 heavy (non-hydrogen) atoms. The molecular formula is C21H21NO5S. The van der Waals surface area contributed by atoms with Crippen LogP contribution in [0.15, 0.2) is 62.6 Å². The summed E-state index contributed by atoms with van der Waals surface area (Å²) >= 11 is 0. The number of nitrogens with zero attached hydrogens (tertiary/aromatic N) is 1. The Balaban J connectivity index is 1.61. The molecule has 0 amide bonds. The number of hydrogen-bond acceptors (Lipinski definition) is 6. The predicted molar refractivity (Wildman–Crippen MR) is 108 cm³/mol. The topological polar surface area (TPSA) is 76.8 Å². The highest BCUT2D eigenvalue weighted by Gasteiger charge is 2.24. The second kappa shape index (κ2) is 7.07. The molecule has 1 aliphatic heterocycles. The Hall–Kier alpha value is -2.64. The summed E-state index contributed by atoms with van der Waals surface area (Å²) in [5, 5.41) is 0.574. The normalized spacial score (nSPS) is 17.8. The van der Waals surface area contributed by atoms with Gasteiger partial charge in [-0.3, -0.25) is 4.79 Å². The van der Waals surface area contributed by atoms with Crippen molar-refractivity contribution in [3.8, 4) is 0 Å². The summed E-state index contributed by atoms with van der Waals surface area (Å²) in [4.78, 5) is 14.8. The molecule has 1 saturated heterocycles. The van der Waals surface area contributed by atoms with Gasteiger partial charge in [0.2, 0.25) is 0 Å². The summed E-state index contributed by atoms with van der Waals surface area (Å²) in [6, 6.07) is 13.8. The van der Waals surface area contributed by atoms with Crippen LogP contribution < -0.4 is 10.3 Å². The highest BCUT2D eigenvalue weighted by Crippen LogP contribution is 2.28. The summed E-state index contributed by atoms with van der Waals surface area (Å²) < 4.78 is 35.1. The van der Waals surface area contributed by atoms with Gasteiger partial charge >= 0.3 is 0 Å². The Bertz CT molecular complexity index is 1180. The molecule has 146 valence electrons. The number of sulfone groups is 1. The molecular weight excluding hydrogens is 378 g/mol. The van der Waals surface area contributed by atoms with E-state index in [4.69, 9.17) is 9.15 Å². The van der Waals surface area contributed by atoms with Crippen LogP contribution in [0.4, 0.5) is 5.88 Å². The summed E-state index contributed by atoms with van der Waals surface area (Å²) in [5.74, 6) is 0.516. The molecule has 1 unspecified atom stereocenters. The molecule has 0 saturated carbocycles. The SMILES string of the molecule is Cc1ccc2oc(N3CCOC(c4ccc(S(C)(=O)=O)cc4)C3)cc(=O)c2c1. The van der Waals surface area contributed by atoms with Crippen LogP contribution in [0.25, 0.3) is 11.0 Å². The van der Waals surface area contributed by atoms with Crippen LogP contribution in [0.5, 0.6) is 0 Å². The van der Waals surface area contributed by atoms with Gasteiger partial charge in [0.15, 0.2) is 21.2 Å². The van der Waals surface area contributed by atoms with Gasteiger partial charge in [0, 0.05) is 18.9 Å². The zero-order valence-corrected chi connectivity index (χ0v) is 16.5. The molecule has 7 heteroatoms. The average molecular weight is 399 g/mol. The van der Waals surface area contributed by atoms with E-state index in [-0.39, 0.29) is 16.4 Å². The summed E-state index contributed by atoms with van der Waals surface area (Å²) in [6.07, 6.45) is 0.950. The van der Waals surface area contributed by atoms with Crippen LogP contribution in [-0.4, -0.2) is 34.4 Å². The number of fused-ring (bicyclic) bond motifs is 1. The molecule has 1 fully saturated rings. The lowest BCUT2D eigenvalue weighted by Gasteiger charge is -2.33. The van der Waals surface area contributed by atoms with Crippen molar-refractivity contribution in [2.75, 3.05) is 30.9 Å². The zero-order chi connectivity index (χ0) is 19.9. The van der Waals surface area contributed by atoms with E-state index >= 15 is 0 Å². The third-order valence-electron chi connectivity index (χ3n) is 4.93. The second-order valence-corrected chi connectivity index (χ2v) is 9.11. The molecule has 1 atom stereocenters. The van der Waals surface area contributed by atoms with Crippen molar-refractivity contribution >= 4 is 26.7 Å². The Morgan fingerprint density at radius 1 is 1.07 bits per heavy atom. The first kappa shape index (κ1) is 18.7. The zero-order valence-electron chi connectivity index (χ0n) is 15.7. The quantitative estimate of drug-likeness (QED) is 0.674. The fourth-order valence-corrected chi connectivity index (χ4v) is 4.02. The van der Waals surface area contributed by atoms with E-state index in [1.807, 2.05) is 30.0 Å². The number of aryl methyl sites for hydroxylation is 1. The molecule has 1 aromatic heterocycles. The second-order valence-electron chi connectivity index (χ2n) is 7.10. The lowest BCUT2D eigenvalue weighted by molar-refractivity contribution is 0.0384. The van der Waals surface area contributed by atoms with Gasteiger partial charge in [0.05, 0.1) is 23.4 Å². The fourth-order valence-electron chi connectivity index (χ4n) is 3.39. The van der Waals surface area contributed by atoms with E-state index < -0.39 is 9.84 Å². The number of anilines is 1. The monoisotopic (exact) mass is 399 g/mol. The molecule has 4 rings (SSSR count). The summed E-state index contributed by atoms with van der Waals surface area (Å²) in [5.41, 5.74) is 2.39. The molecule has 0 radical (unpaired) electrons. The van der Waals surface area contributed by atoms with Crippen LogP contribution in [0.2, 0.25) is 0 Å². The van der Waals surface area contributed by atoms with Gasteiger partial charge in [-0.15, -0.1) is 0 Å². The highest BCUT2D eigenvalue weighted by atomic mass is 32.2. The van der Waals surface area contributed by atoms with Gasteiger partial charge in [-0.25, -0.2) is 8.42 Å². The third kappa shape index (κ3) is 3.68. The first-order valence-electron chi connectivity index (χ1n) is 9.02. The van der Waals surface area contributed by atoms with E-state index in [0.29, 0.717) is 36.5 Å². The Morgan fingerprint density at radius 3 is 2.54 bits per heavy atom. The molecule has 2 heterocycles. The van der Waals surface area contributed by atoms with Crippen molar-refractivity contribution < 1.29 is 17.6 Å². The Kier molecular flexibility index (Phi) is 4.72. The standard InChI is InChI=1S/C21H21NO5S/c1-14-3-8-19-17(11-14)18(23)12-21(27-19)22-9-10-26-20(13-22)15-4-6-16(7-5-15)28(2,24)25/h3-8,11-12,20H,9-10,13H2,1-2H3. The highest BCUT2D eigenvalue weighted by molar-refractivity contribution is 7.90. The number of morpholine rings is 1. The fraction of sp³-hybridized carbons (Fsp3) is 0.286. The lowest BCUT2D eigenvalue weighted by atomic mass is 10.1. The molecule has 0 aliphatic carbocycles. The van der Waals surface area contributed by atoms with Crippen LogP contribution in [0.3, 0.4) is 0 Å². The molecule has 3 aromatic rings. The van der Waals surface area contributed by atoms with E-state index in [2.05, 4.69) is 0 Å². The molecule has 1 aliphatic rings. The predicted octanol–water partition coefficient (Wildman–Crippen LogP) is 3.08. The minimum absolute atomic E-state index is 0.0690. The van der Waals surface area contributed by atoms with Crippen molar-refractivity contribution in [2.24, 2.45) is 0 Å². The number of rotatable bonds is 3. The maximum atomic E-state index is 12.5. The van der Waals surface area contributed by atoms with Crippen LogP contribution in [0.1, 0.15) is 17.2 Å². The van der Waals surface area contributed by atoms with Crippen LogP contribution in [-0.2, 0) is 14.6 Å². The van der Waals surface area contributed by atoms with E-state index in [0.717, 1.165) is 11.1 Å². The van der Waals surface area contributed by atoms with Crippen molar-refractivity contribution in [1.29, 1.82) is 0 Å².